The number of nitrogens with zero attached hydrogens (tertiary/aromatic N) is 1. The minimum Gasteiger partial charge on any atom is -0.507 e. The van der Waals surface area contributed by atoms with Gasteiger partial charge < -0.3 is 24.6 Å². The molecule has 31 heavy (non-hydrogen) atoms. The van der Waals surface area contributed by atoms with Crippen molar-refractivity contribution in [3.05, 3.63) is 59.2 Å². The molecule has 1 amide bonds. The Balaban J connectivity index is 2.09. The lowest BCUT2D eigenvalue weighted by Gasteiger charge is -2.25. The quantitative estimate of drug-likeness (QED) is 0.377. The van der Waals surface area contributed by atoms with Crippen molar-refractivity contribution in [2.24, 2.45) is 0 Å². The molecule has 1 atom stereocenters. The number of rotatable bonds is 8. The molecule has 2 N–H and O–H groups in total. The lowest BCUT2D eigenvalue weighted by atomic mass is 9.95. The lowest BCUT2D eigenvalue weighted by molar-refractivity contribution is -0.139. The van der Waals surface area contributed by atoms with Crippen molar-refractivity contribution in [1.82, 2.24) is 4.90 Å². The minimum atomic E-state index is -0.812. The molecule has 1 fully saturated rings. The number of aliphatic hydroxyl groups is 1. The van der Waals surface area contributed by atoms with E-state index in [0.717, 1.165) is 6.42 Å². The summed E-state index contributed by atoms with van der Waals surface area (Å²) in [5.74, 6) is -0.872. The van der Waals surface area contributed by atoms with E-state index in [1.54, 1.807) is 36.4 Å². The van der Waals surface area contributed by atoms with Gasteiger partial charge in [-0.1, -0.05) is 19.9 Å². The van der Waals surface area contributed by atoms with E-state index in [1.165, 1.54) is 18.1 Å². The zero-order valence-electron chi connectivity index (χ0n) is 17.9. The Morgan fingerprint density at radius 2 is 1.77 bits per heavy atom. The van der Waals surface area contributed by atoms with Crippen LogP contribution in [0.5, 0.6) is 17.2 Å². The summed E-state index contributed by atoms with van der Waals surface area (Å²) < 4.78 is 10.7. The number of methoxy groups -OCH3 is 1. The van der Waals surface area contributed by atoms with Crippen LogP contribution >= 0.6 is 0 Å². The highest BCUT2D eigenvalue weighted by atomic mass is 16.5. The maximum Gasteiger partial charge on any atom is 0.295 e. The predicted molar refractivity (Wildman–Crippen MR) is 116 cm³/mol. The van der Waals surface area contributed by atoms with Crippen LogP contribution in [0, 0.1) is 0 Å². The average Bonchev–Trinajstić information content (AvgIpc) is 3.02. The van der Waals surface area contributed by atoms with Crippen LogP contribution in [-0.4, -0.2) is 47.1 Å². The monoisotopic (exact) mass is 425 g/mol. The van der Waals surface area contributed by atoms with Crippen molar-refractivity contribution >= 4 is 17.4 Å². The zero-order chi connectivity index (χ0) is 22.5. The summed E-state index contributed by atoms with van der Waals surface area (Å²) in [6, 6.07) is 10.6. The van der Waals surface area contributed by atoms with Crippen molar-refractivity contribution in [1.29, 1.82) is 0 Å². The number of amides is 1. The van der Waals surface area contributed by atoms with Crippen molar-refractivity contribution in [2.45, 2.75) is 32.7 Å². The number of aromatic hydroxyl groups is 1. The molecule has 7 nitrogen and oxygen atoms in total. The number of aliphatic hydroxyl groups excluding tert-OH is 1. The molecule has 1 saturated heterocycles. The number of carbonyl (C=O) groups excluding carboxylic acids is 2. The van der Waals surface area contributed by atoms with E-state index in [2.05, 4.69) is 0 Å². The van der Waals surface area contributed by atoms with Crippen LogP contribution < -0.4 is 9.47 Å². The number of ether oxygens (including phenoxy) is 2. The van der Waals surface area contributed by atoms with Gasteiger partial charge in [-0.2, -0.15) is 0 Å². The van der Waals surface area contributed by atoms with Gasteiger partial charge >= 0.3 is 0 Å². The molecule has 3 rings (SSSR count). The van der Waals surface area contributed by atoms with Crippen LogP contribution in [0.2, 0.25) is 0 Å². The van der Waals surface area contributed by atoms with Gasteiger partial charge in [-0.15, -0.1) is 0 Å². The van der Waals surface area contributed by atoms with Crippen LogP contribution in [0.3, 0.4) is 0 Å². The lowest BCUT2D eigenvalue weighted by Crippen LogP contribution is -2.30. The Bertz CT molecular complexity index is 996. The van der Waals surface area contributed by atoms with Gasteiger partial charge in [0.15, 0.2) is 11.5 Å². The highest BCUT2D eigenvalue weighted by Crippen LogP contribution is 2.41. The number of likely N-dealkylation sites (tertiary alicyclic amines) is 1. The van der Waals surface area contributed by atoms with E-state index in [0.29, 0.717) is 36.4 Å². The summed E-state index contributed by atoms with van der Waals surface area (Å²) in [4.78, 5) is 27.0. The number of phenols is 1. The van der Waals surface area contributed by atoms with Gasteiger partial charge in [-0.3, -0.25) is 9.59 Å². The summed E-state index contributed by atoms with van der Waals surface area (Å²) >= 11 is 0. The summed E-state index contributed by atoms with van der Waals surface area (Å²) in [5.41, 5.74) is 0.904. The number of hydrogen-bond donors (Lipinski definition) is 2. The highest BCUT2D eigenvalue weighted by Gasteiger charge is 2.45. The first-order valence-corrected chi connectivity index (χ1v) is 10.3. The molecule has 1 unspecified atom stereocenters. The Hall–Kier alpha value is -3.48. The number of ketones is 1. The van der Waals surface area contributed by atoms with E-state index >= 15 is 0 Å². The van der Waals surface area contributed by atoms with Gasteiger partial charge in [0.05, 0.1) is 25.3 Å². The van der Waals surface area contributed by atoms with Crippen LogP contribution in [-0.2, 0) is 9.59 Å². The molecule has 2 aromatic carbocycles. The summed E-state index contributed by atoms with van der Waals surface area (Å²) in [6.07, 6.45) is 1.51. The normalized spacial score (nSPS) is 17.8. The third kappa shape index (κ3) is 4.35. The first kappa shape index (κ1) is 22.2. The third-order valence-corrected chi connectivity index (χ3v) is 5.12. The third-order valence-electron chi connectivity index (χ3n) is 5.12. The smallest absolute Gasteiger partial charge is 0.295 e. The maximum absolute atomic E-state index is 12.9. The van der Waals surface area contributed by atoms with Crippen molar-refractivity contribution in [2.75, 3.05) is 20.3 Å². The average molecular weight is 425 g/mol. The van der Waals surface area contributed by atoms with E-state index in [9.17, 15) is 19.8 Å². The molecular formula is C24H27NO6. The molecule has 164 valence electrons. The molecule has 0 spiro atoms. The molecule has 0 bridgehead atoms. The van der Waals surface area contributed by atoms with Gasteiger partial charge in [0.1, 0.15) is 11.5 Å². The molecule has 1 heterocycles. The predicted octanol–water partition coefficient (Wildman–Crippen LogP) is 4.02. The molecule has 1 aliphatic heterocycles. The summed E-state index contributed by atoms with van der Waals surface area (Å²) in [5, 5.41) is 21.3. The Kier molecular flexibility index (Phi) is 6.84. The van der Waals surface area contributed by atoms with Crippen LogP contribution in [0.15, 0.2) is 48.0 Å². The molecule has 2 aromatic rings. The largest absolute Gasteiger partial charge is 0.507 e. The number of Topliss-reactive ketones (excluding diaryl/α,β-unsaturated/α-hetero) is 1. The van der Waals surface area contributed by atoms with Crippen LogP contribution in [0.1, 0.15) is 43.9 Å². The van der Waals surface area contributed by atoms with E-state index in [1.807, 2.05) is 13.8 Å². The number of hydrogen-bond acceptors (Lipinski definition) is 6. The second-order valence-corrected chi connectivity index (χ2v) is 7.30. The summed E-state index contributed by atoms with van der Waals surface area (Å²) in [6.45, 7) is 4.82. The van der Waals surface area contributed by atoms with Gasteiger partial charge in [-0.25, -0.2) is 0 Å². The number of phenolic OH excluding ortho intramolecular Hbond substituents is 1. The molecular weight excluding hydrogens is 398 g/mol. The van der Waals surface area contributed by atoms with Crippen LogP contribution in [0.25, 0.3) is 5.76 Å². The molecule has 0 saturated carbocycles. The van der Waals surface area contributed by atoms with Crippen LogP contribution in [0.4, 0.5) is 0 Å². The Morgan fingerprint density at radius 1 is 1.06 bits per heavy atom. The molecule has 0 radical (unpaired) electrons. The first-order valence-electron chi connectivity index (χ1n) is 10.3. The fourth-order valence-electron chi connectivity index (χ4n) is 3.66. The molecule has 1 aliphatic rings. The Labute approximate surface area is 181 Å². The van der Waals surface area contributed by atoms with E-state index < -0.39 is 17.7 Å². The molecule has 0 aromatic heterocycles. The second-order valence-electron chi connectivity index (χ2n) is 7.30. The molecule has 7 heteroatoms. The van der Waals surface area contributed by atoms with Crippen molar-refractivity contribution < 1.29 is 29.3 Å². The van der Waals surface area contributed by atoms with Gasteiger partial charge in [-0.05, 0) is 54.8 Å². The van der Waals surface area contributed by atoms with Crippen molar-refractivity contribution in [3.63, 3.8) is 0 Å². The van der Waals surface area contributed by atoms with E-state index in [4.69, 9.17) is 9.47 Å². The minimum absolute atomic E-state index is 0.00903. The first-order chi connectivity index (χ1) is 14.9. The highest BCUT2D eigenvalue weighted by molar-refractivity contribution is 6.46. The topological polar surface area (TPSA) is 96.3 Å². The molecule has 0 aliphatic carbocycles. The fourth-order valence-corrected chi connectivity index (χ4v) is 3.66. The SMILES string of the molecule is CCCOc1ccc(/C(O)=C2/C(=O)C(=O)N(CCC)C2c2ccc(OC)c(O)c2)cc1. The van der Waals surface area contributed by atoms with Gasteiger partial charge in [0.2, 0.25) is 0 Å². The second kappa shape index (κ2) is 9.55. The Morgan fingerprint density at radius 3 is 2.35 bits per heavy atom. The number of benzene rings is 2. The number of carbonyl (C=O) groups is 2. The standard InChI is InChI=1S/C24H27NO6/c1-4-12-25-21(16-8-11-19(30-3)18(26)14-16)20(23(28)24(25)29)22(27)15-6-9-17(10-7-15)31-13-5-2/h6-11,14,21,26-27H,4-5,12-13H2,1-3H3/b22-20-. The van der Waals surface area contributed by atoms with Gasteiger partial charge in [0, 0.05) is 12.1 Å². The zero-order valence-corrected chi connectivity index (χ0v) is 17.9. The van der Waals surface area contributed by atoms with Crippen molar-refractivity contribution in [3.8, 4) is 17.2 Å². The van der Waals surface area contributed by atoms with Gasteiger partial charge in [0.25, 0.3) is 11.7 Å². The fraction of sp³-hybridized carbons (Fsp3) is 0.333. The summed E-state index contributed by atoms with van der Waals surface area (Å²) in [7, 11) is 1.44. The maximum atomic E-state index is 12.9. The van der Waals surface area contributed by atoms with E-state index in [-0.39, 0.29) is 22.8 Å².